The van der Waals surface area contributed by atoms with Crippen LogP contribution in [0.5, 0.6) is 0 Å². The number of nitrogens with one attached hydrogen (secondary N) is 2. The fourth-order valence-corrected chi connectivity index (χ4v) is 1.57. The number of rotatable bonds is 3. The number of H-pyrrole nitrogens is 1. The van der Waals surface area contributed by atoms with Gasteiger partial charge in [-0.3, -0.25) is 9.59 Å². The van der Waals surface area contributed by atoms with Crippen LogP contribution in [-0.2, 0) is 0 Å². The van der Waals surface area contributed by atoms with Crippen LogP contribution in [0.3, 0.4) is 0 Å². The van der Waals surface area contributed by atoms with Crippen molar-refractivity contribution in [2.45, 2.75) is 0 Å². The second-order valence-electron chi connectivity index (χ2n) is 3.41. The quantitative estimate of drug-likeness (QED) is 0.821. The van der Waals surface area contributed by atoms with Gasteiger partial charge in [0.25, 0.3) is 5.91 Å². The van der Waals surface area contributed by atoms with E-state index >= 15 is 0 Å². The third-order valence-corrected chi connectivity index (χ3v) is 2.40. The fourth-order valence-electron chi connectivity index (χ4n) is 1.38. The molecule has 0 saturated heterocycles. The molecule has 2 aromatic rings. The Hall–Kier alpha value is -2.07. The van der Waals surface area contributed by atoms with Gasteiger partial charge in [-0.2, -0.15) is 0 Å². The van der Waals surface area contributed by atoms with Gasteiger partial charge < -0.3 is 10.3 Å². The molecule has 4 nitrogen and oxygen atoms in total. The number of amides is 1. The first-order valence-electron chi connectivity index (χ1n) is 4.90. The number of aldehydes is 1. The van der Waals surface area contributed by atoms with E-state index in [1.165, 1.54) is 0 Å². The number of halogens is 1. The van der Waals surface area contributed by atoms with E-state index < -0.39 is 0 Å². The summed E-state index contributed by atoms with van der Waals surface area (Å²) in [5.74, 6) is -0.319. The van der Waals surface area contributed by atoms with Gasteiger partial charge in [-0.25, -0.2) is 0 Å². The molecule has 1 aromatic carbocycles. The molecule has 0 radical (unpaired) electrons. The van der Waals surface area contributed by atoms with Crippen molar-refractivity contribution in [1.29, 1.82) is 0 Å². The number of anilines is 1. The first-order chi connectivity index (χ1) is 8.19. The number of benzene rings is 1. The third kappa shape index (κ3) is 2.73. The molecular formula is C12H9ClN2O2. The molecule has 0 spiro atoms. The van der Waals surface area contributed by atoms with Crippen LogP contribution >= 0.6 is 11.6 Å². The van der Waals surface area contributed by atoms with Crippen molar-refractivity contribution in [1.82, 2.24) is 4.98 Å². The SMILES string of the molecule is O=Cc1ccc(C(=O)Nc2cccc(Cl)c2)[nH]1. The van der Waals surface area contributed by atoms with Gasteiger partial charge >= 0.3 is 0 Å². The number of aromatic nitrogens is 1. The zero-order chi connectivity index (χ0) is 12.3. The van der Waals surface area contributed by atoms with E-state index in [9.17, 15) is 9.59 Å². The highest BCUT2D eigenvalue weighted by molar-refractivity contribution is 6.30. The van der Waals surface area contributed by atoms with Crippen molar-refractivity contribution < 1.29 is 9.59 Å². The molecule has 0 aliphatic rings. The van der Waals surface area contributed by atoms with Crippen molar-refractivity contribution in [3.8, 4) is 0 Å². The van der Waals surface area contributed by atoms with Crippen molar-refractivity contribution in [3.63, 3.8) is 0 Å². The monoisotopic (exact) mass is 248 g/mol. The van der Waals surface area contributed by atoms with Gasteiger partial charge in [0, 0.05) is 10.7 Å². The Bertz CT molecular complexity index is 563. The van der Waals surface area contributed by atoms with E-state index in [2.05, 4.69) is 10.3 Å². The normalized spacial score (nSPS) is 9.94. The lowest BCUT2D eigenvalue weighted by Crippen LogP contribution is -2.12. The van der Waals surface area contributed by atoms with Gasteiger partial charge in [0.1, 0.15) is 5.69 Å². The maximum Gasteiger partial charge on any atom is 0.272 e. The van der Waals surface area contributed by atoms with Crippen LogP contribution in [0, 0.1) is 0 Å². The van der Waals surface area contributed by atoms with Gasteiger partial charge in [0.2, 0.25) is 0 Å². The van der Waals surface area contributed by atoms with Crippen LogP contribution in [0.15, 0.2) is 36.4 Å². The van der Waals surface area contributed by atoms with Gasteiger partial charge in [-0.15, -0.1) is 0 Å². The molecule has 5 heteroatoms. The average molecular weight is 249 g/mol. The molecule has 86 valence electrons. The Morgan fingerprint density at radius 2 is 2.12 bits per heavy atom. The van der Waals surface area contributed by atoms with Crippen LogP contribution < -0.4 is 5.32 Å². The van der Waals surface area contributed by atoms with Crippen LogP contribution in [0.1, 0.15) is 21.0 Å². The average Bonchev–Trinajstić information content (AvgIpc) is 2.77. The number of hydrogen-bond acceptors (Lipinski definition) is 2. The van der Waals surface area contributed by atoms with Crippen molar-refractivity contribution in [2.24, 2.45) is 0 Å². The second-order valence-corrected chi connectivity index (χ2v) is 3.85. The van der Waals surface area contributed by atoms with Gasteiger partial charge in [0.15, 0.2) is 6.29 Å². The summed E-state index contributed by atoms with van der Waals surface area (Å²) < 4.78 is 0. The maximum atomic E-state index is 11.8. The van der Waals surface area contributed by atoms with Crippen molar-refractivity contribution in [2.75, 3.05) is 5.32 Å². The largest absolute Gasteiger partial charge is 0.348 e. The summed E-state index contributed by atoms with van der Waals surface area (Å²) in [6.07, 6.45) is 0.649. The number of carbonyl (C=O) groups is 2. The Morgan fingerprint density at radius 3 is 2.76 bits per heavy atom. The van der Waals surface area contributed by atoms with Crippen LogP contribution in [0.25, 0.3) is 0 Å². The molecule has 0 bridgehead atoms. The van der Waals surface area contributed by atoms with Gasteiger partial charge in [-0.05, 0) is 30.3 Å². The van der Waals surface area contributed by atoms with E-state index in [1.807, 2.05) is 0 Å². The highest BCUT2D eigenvalue weighted by Crippen LogP contribution is 2.15. The molecule has 0 aliphatic carbocycles. The summed E-state index contributed by atoms with van der Waals surface area (Å²) in [6, 6.07) is 9.92. The lowest BCUT2D eigenvalue weighted by molar-refractivity contribution is 0.102. The van der Waals surface area contributed by atoms with Crippen molar-refractivity contribution in [3.05, 3.63) is 52.8 Å². The number of hydrogen-bond donors (Lipinski definition) is 2. The van der Waals surface area contributed by atoms with Gasteiger partial charge in [0.05, 0.1) is 5.69 Å². The van der Waals surface area contributed by atoms with E-state index in [0.717, 1.165) is 0 Å². The summed E-state index contributed by atoms with van der Waals surface area (Å²) in [7, 11) is 0. The third-order valence-electron chi connectivity index (χ3n) is 2.16. The molecule has 0 saturated carbocycles. The van der Waals surface area contributed by atoms with E-state index in [1.54, 1.807) is 36.4 Å². The van der Waals surface area contributed by atoms with E-state index in [-0.39, 0.29) is 5.91 Å². The van der Waals surface area contributed by atoms with Crippen molar-refractivity contribution >= 4 is 29.5 Å². The summed E-state index contributed by atoms with van der Waals surface area (Å²) in [5, 5.41) is 3.21. The smallest absolute Gasteiger partial charge is 0.272 e. The molecular weight excluding hydrogens is 240 g/mol. The molecule has 1 aromatic heterocycles. The fraction of sp³-hybridized carbons (Fsp3) is 0. The highest BCUT2D eigenvalue weighted by atomic mass is 35.5. The second kappa shape index (κ2) is 4.84. The summed E-state index contributed by atoms with van der Waals surface area (Å²) in [5.41, 5.74) is 1.29. The van der Waals surface area contributed by atoms with Crippen LogP contribution in [0.2, 0.25) is 5.02 Å². The standard InChI is InChI=1S/C12H9ClN2O2/c13-8-2-1-3-9(6-8)15-12(17)11-5-4-10(7-16)14-11/h1-7,14H,(H,15,17). The predicted molar refractivity (Wildman–Crippen MR) is 65.6 cm³/mol. The lowest BCUT2D eigenvalue weighted by Gasteiger charge is -2.03. The summed E-state index contributed by atoms with van der Waals surface area (Å²) in [4.78, 5) is 24.9. The van der Waals surface area contributed by atoms with Gasteiger partial charge in [-0.1, -0.05) is 17.7 Å². The molecule has 2 rings (SSSR count). The molecule has 2 N–H and O–H groups in total. The van der Waals surface area contributed by atoms with E-state index in [0.29, 0.717) is 28.4 Å². The zero-order valence-corrected chi connectivity index (χ0v) is 9.49. The Kier molecular flexibility index (Phi) is 3.25. The molecule has 0 fully saturated rings. The minimum absolute atomic E-state index is 0.319. The molecule has 1 amide bonds. The maximum absolute atomic E-state index is 11.8. The zero-order valence-electron chi connectivity index (χ0n) is 8.74. The molecule has 0 unspecified atom stereocenters. The van der Waals surface area contributed by atoms with Crippen LogP contribution in [-0.4, -0.2) is 17.2 Å². The summed E-state index contributed by atoms with van der Waals surface area (Å²) in [6.45, 7) is 0. The molecule has 0 aliphatic heterocycles. The number of carbonyl (C=O) groups excluding carboxylic acids is 2. The Morgan fingerprint density at radius 1 is 1.29 bits per heavy atom. The minimum Gasteiger partial charge on any atom is -0.348 e. The molecule has 0 atom stereocenters. The predicted octanol–water partition coefficient (Wildman–Crippen LogP) is 2.73. The minimum atomic E-state index is -0.319. The van der Waals surface area contributed by atoms with Crippen LogP contribution in [0.4, 0.5) is 5.69 Å². The Labute approximate surface area is 103 Å². The topological polar surface area (TPSA) is 62.0 Å². The Balaban J connectivity index is 2.14. The lowest BCUT2D eigenvalue weighted by atomic mass is 10.3. The first-order valence-corrected chi connectivity index (χ1v) is 5.28. The van der Waals surface area contributed by atoms with E-state index in [4.69, 9.17) is 11.6 Å². The molecule has 1 heterocycles. The summed E-state index contributed by atoms with van der Waals surface area (Å²) >= 11 is 5.80. The molecule has 17 heavy (non-hydrogen) atoms. The number of aromatic amines is 1. The first kappa shape index (κ1) is 11.4. The highest BCUT2D eigenvalue weighted by Gasteiger charge is 2.08.